The minimum absolute atomic E-state index is 0.297. The molecule has 0 saturated carbocycles. The monoisotopic (exact) mass is 306 g/mol. The van der Waals surface area contributed by atoms with Gasteiger partial charge in [0.05, 0.1) is 12.1 Å². The van der Waals surface area contributed by atoms with Crippen molar-refractivity contribution in [1.82, 2.24) is 20.4 Å². The van der Waals surface area contributed by atoms with Crippen LogP contribution < -0.4 is 5.32 Å². The van der Waals surface area contributed by atoms with Gasteiger partial charge in [-0.25, -0.2) is 0 Å². The maximum absolute atomic E-state index is 12.4. The molecule has 0 aliphatic heterocycles. The molecule has 0 spiro atoms. The normalized spacial score (nSPS) is 12.0. The van der Waals surface area contributed by atoms with Crippen LogP contribution in [0.5, 0.6) is 0 Å². The fraction of sp³-hybridized carbons (Fsp3) is 0.533. The van der Waals surface area contributed by atoms with Crippen LogP contribution in [0, 0.1) is 13.8 Å². The number of amides is 1. The molecule has 7 nitrogen and oxygen atoms in total. The Balaban J connectivity index is 2.14. The number of aromatic nitrogens is 2. The van der Waals surface area contributed by atoms with Gasteiger partial charge in [0, 0.05) is 5.56 Å². The highest BCUT2D eigenvalue weighted by Gasteiger charge is 2.30. The third kappa shape index (κ3) is 3.54. The molecule has 0 atom stereocenters. The van der Waals surface area contributed by atoms with Gasteiger partial charge in [-0.3, -0.25) is 4.79 Å². The van der Waals surface area contributed by atoms with Gasteiger partial charge in [-0.15, -0.1) is 0 Å². The van der Waals surface area contributed by atoms with Gasteiger partial charge in [0.1, 0.15) is 5.76 Å². The molecule has 2 aromatic heterocycles. The standard InChI is InChI=1S/C15H22N4O3/c1-9-7-10(2)21-12(9)13(20)17-15(3,4)14-16-11(22-18-14)8-19(5)6/h7H,8H2,1-6H3,(H,17,20). The van der Waals surface area contributed by atoms with Crippen molar-refractivity contribution in [3.8, 4) is 0 Å². The molecular weight excluding hydrogens is 284 g/mol. The molecule has 0 radical (unpaired) electrons. The van der Waals surface area contributed by atoms with Crippen LogP contribution >= 0.6 is 0 Å². The predicted molar refractivity (Wildman–Crippen MR) is 80.4 cm³/mol. The fourth-order valence-electron chi connectivity index (χ4n) is 2.11. The van der Waals surface area contributed by atoms with Crippen LogP contribution in [-0.4, -0.2) is 35.0 Å². The number of furan rings is 1. The Morgan fingerprint density at radius 2 is 2.05 bits per heavy atom. The number of nitrogens with one attached hydrogen (secondary N) is 1. The van der Waals surface area contributed by atoms with Crippen LogP contribution in [0.4, 0.5) is 0 Å². The van der Waals surface area contributed by atoms with E-state index in [-0.39, 0.29) is 5.91 Å². The molecule has 7 heteroatoms. The topological polar surface area (TPSA) is 84.4 Å². The third-order valence-corrected chi connectivity index (χ3v) is 3.15. The first kappa shape index (κ1) is 16.2. The van der Waals surface area contributed by atoms with E-state index in [0.717, 1.165) is 5.56 Å². The third-order valence-electron chi connectivity index (χ3n) is 3.15. The van der Waals surface area contributed by atoms with Crippen molar-refractivity contribution in [2.45, 2.75) is 39.8 Å². The first-order valence-corrected chi connectivity index (χ1v) is 7.06. The smallest absolute Gasteiger partial charge is 0.288 e. The molecule has 0 aromatic carbocycles. The lowest BCUT2D eigenvalue weighted by atomic mass is 10.0. The molecule has 0 aliphatic carbocycles. The summed E-state index contributed by atoms with van der Waals surface area (Å²) < 4.78 is 10.6. The lowest BCUT2D eigenvalue weighted by Gasteiger charge is -2.21. The summed E-state index contributed by atoms with van der Waals surface area (Å²) in [7, 11) is 3.83. The Morgan fingerprint density at radius 3 is 2.59 bits per heavy atom. The molecule has 0 fully saturated rings. The molecule has 2 rings (SSSR count). The van der Waals surface area contributed by atoms with Gasteiger partial charge in [0.15, 0.2) is 11.6 Å². The van der Waals surface area contributed by atoms with Gasteiger partial charge < -0.3 is 19.2 Å². The summed E-state index contributed by atoms with van der Waals surface area (Å²) in [5.41, 5.74) is 0.0327. The molecule has 1 N–H and O–H groups in total. The van der Waals surface area contributed by atoms with E-state index in [0.29, 0.717) is 29.8 Å². The van der Waals surface area contributed by atoms with E-state index in [2.05, 4.69) is 15.5 Å². The van der Waals surface area contributed by atoms with E-state index >= 15 is 0 Å². The molecule has 0 unspecified atom stereocenters. The summed E-state index contributed by atoms with van der Waals surface area (Å²) in [4.78, 5) is 18.6. The van der Waals surface area contributed by atoms with Crippen molar-refractivity contribution in [2.24, 2.45) is 0 Å². The Morgan fingerprint density at radius 1 is 1.36 bits per heavy atom. The lowest BCUT2D eigenvalue weighted by molar-refractivity contribution is 0.0876. The molecule has 1 amide bonds. The van der Waals surface area contributed by atoms with Gasteiger partial charge in [-0.05, 0) is 47.9 Å². The Kier molecular flexibility index (Phi) is 4.37. The molecule has 2 heterocycles. The first-order valence-electron chi connectivity index (χ1n) is 7.06. The number of carbonyl (C=O) groups is 1. The maximum atomic E-state index is 12.4. The zero-order valence-corrected chi connectivity index (χ0v) is 13.9. The Bertz CT molecular complexity index is 670. The molecule has 22 heavy (non-hydrogen) atoms. The van der Waals surface area contributed by atoms with Gasteiger partial charge in [0.2, 0.25) is 5.89 Å². The summed E-state index contributed by atoms with van der Waals surface area (Å²) in [5.74, 6) is 1.65. The van der Waals surface area contributed by atoms with Gasteiger partial charge in [-0.2, -0.15) is 4.98 Å². The zero-order chi connectivity index (χ0) is 16.5. The minimum atomic E-state index is -0.766. The quantitative estimate of drug-likeness (QED) is 0.909. The van der Waals surface area contributed by atoms with Crippen molar-refractivity contribution in [1.29, 1.82) is 0 Å². The summed E-state index contributed by atoms with van der Waals surface area (Å²) >= 11 is 0. The molecule has 2 aromatic rings. The van der Waals surface area contributed by atoms with Crippen LogP contribution in [0.1, 0.15) is 47.4 Å². The number of nitrogens with zero attached hydrogens (tertiary/aromatic N) is 3. The molecular formula is C15H22N4O3. The maximum Gasteiger partial charge on any atom is 0.288 e. The van der Waals surface area contributed by atoms with Crippen LogP contribution in [0.3, 0.4) is 0 Å². The fourth-order valence-corrected chi connectivity index (χ4v) is 2.11. The average molecular weight is 306 g/mol. The highest BCUT2D eigenvalue weighted by Crippen LogP contribution is 2.20. The number of hydrogen-bond acceptors (Lipinski definition) is 6. The predicted octanol–water partition coefficient (Wildman–Crippen LogP) is 2.01. The second-order valence-electron chi connectivity index (χ2n) is 6.20. The molecule has 120 valence electrons. The van der Waals surface area contributed by atoms with Gasteiger partial charge >= 0.3 is 0 Å². The van der Waals surface area contributed by atoms with E-state index in [4.69, 9.17) is 8.94 Å². The SMILES string of the molecule is Cc1cc(C)c(C(=O)NC(C)(C)c2noc(CN(C)C)n2)o1. The minimum Gasteiger partial charge on any atom is -0.456 e. The van der Waals surface area contributed by atoms with E-state index in [1.54, 1.807) is 0 Å². The highest BCUT2D eigenvalue weighted by atomic mass is 16.5. The van der Waals surface area contributed by atoms with Crippen LogP contribution in [-0.2, 0) is 12.1 Å². The summed E-state index contributed by atoms with van der Waals surface area (Å²) in [6, 6.07) is 1.82. The second-order valence-corrected chi connectivity index (χ2v) is 6.20. The van der Waals surface area contributed by atoms with E-state index < -0.39 is 5.54 Å². The lowest BCUT2D eigenvalue weighted by Crippen LogP contribution is -2.42. The average Bonchev–Trinajstić information content (AvgIpc) is 2.95. The molecule has 0 saturated heterocycles. The zero-order valence-electron chi connectivity index (χ0n) is 13.9. The van der Waals surface area contributed by atoms with E-state index in [1.165, 1.54) is 0 Å². The van der Waals surface area contributed by atoms with Crippen molar-refractivity contribution in [2.75, 3.05) is 14.1 Å². The number of rotatable bonds is 5. The second kappa shape index (κ2) is 5.92. The highest BCUT2D eigenvalue weighted by molar-refractivity contribution is 5.93. The summed E-state index contributed by atoms with van der Waals surface area (Å²) in [5, 5.41) is 6.84. The van der Waals surface area contributed by atoms with Crippen LogP contribution in [0.15, 0.2) is 15.0 Å². The van der Waals surface area contributed by atoms with Crippen molar-refractivity contribution >= 4 is 5.91 Å². The van der Waals surface area contributed by atoms with Gasteiger partial charge in [0.25, 0.3) is 5.91 Å². The van der Waals surface area contributed by atoms with Gasteiger partial charge in [-0.1, -0.05) is 5.16 Å². The van der Waals surface area contributed by atoms with Crippen LogP contribution in [0.25, 0.3) is 0 Å². The number of carbonyl (C=O) groups excluding carboxylic acids is 1. The molecule has 0 bridgehead atoms. The van der Waals surface area contributed by atoms with Crippen molar-refractivity contribution < 1.29 is 13.7 Å². The summed E-state index contributed by atoms with van der Waals surface area (Å²) in [6.45, 7) is 7.83. The van der Waals surface area contributed by atoms with E-state index in [1.807, 2.05) is 52.8 Å². The summed E-state index contributed by atoms with van der Waals surface area (Å²) in [6.07, 6.45) is 0. The van der Waals surface area contributed by atoms with Crippen molar-refractivity contribution in [3.05, 3.63) is 34.9 Å². The molecule has 0 aliphatic rings. The van der Waals surface area contributed by atoms with Crippen LogP contribution in [0.2, 0.25) is 0 Å². The Labute approximate surface area is 129 Å². The largest absolute Gasteiger partial charge is 0.456 e. The number of hydrogen-bond donors (Lipinski definition) is 1. The Hall–Kier alpha value is -2.15. The number of aryl methyl sites for hydroxylation is 2. The van der Waals surface area contributed by atoms with E-state index in [9.17, 15) is 4.79 Å². The van der Waals surface area contributed by atoms with Crippen molar-refractivity contribution in [3.63, 3.8) is 0 Å². The first-order chi connectivity index (χ1) is 10.2.